The number of benzene rings is 1. The highest BCUT2D eigenvalue weighted by atomic mass is 32.2. The molecule has 21 heavy (non-hydrogen) atoms. The molecule has 114 valence electrons. The summed E-state index contributed by atoms with van der Waals surface area (Å²) >= 11 is 1.64. The van der Waals surface area contributed by atoms with Crippen molar-refractivity contribution in [3.8, 4) is 0 Å². The predicted octanol–water partition coefficient (Wildman–Crippen LogP) is 3.84. The Bertz CT molecular complexity index is 721. The number of anilines is 1. The summed E-state index contributed by atoms with van der Waals surface area (Å²) in [7, 11) is -3.25. The predicted molar refractivity (Wildman–Crippen MR) is 87.8 cm³/mol. The number of para-hydroxylation sites is 1. The van der Waals surface area contributed by atoms with Gasteiger partial charge in [0.15, 0.2) is 9.84 Å². The van der Waals surface area contributed by atoms with Crippen molar-refractivity contribution >= 4 is 26.9 Å². The van der Waals surface area contributed by atoms with E-state index < -0.39 is 9.84 Å². The molecule has 0 radical (unpaired) electrons. The number of nitrogens with one attached hydrogen (secondary N) is 1. The van der Waals surface area contributed by atoms with E-state index >= 15 is 0 Å². The van der Waals surface area contributed by atoms with Gasteiger partial charge in [0, 0.05) is 17.6 Å². The highest BCUT2D eigenvalue weighted by molar-refractivity contribution is 7.90. The molecule has 1 heterocycles. The van der Waals surface area contributed by atoms with Crippen molar-refractivity contribution in [2.45, 2.75) is 37.6 Å². The van der Waals surface area contributed by atoms with Crippen LogP contribution in [0.15, 0.2) is 34.5 Å². The third-order valence-corrected chi connectivity index (χ3v) is 5.45. The normalized spacial score (nSPS) is 13.4. The maximum Gasteiger partial charge on any atom is 0.177 e. The second kappa shape index (κ2) is 6.15. The van der Waals surface area contributed by atoms with Gasteiger partial charge in [0.05, 0.1) is 27.3 Å². The summed E-state index contributed by atoms with van der Waals surface area (Å²) in [6, 6.07) is 6.90. The van der Waals surface area contributed by atoms with Gasteiger partial charge in [-0.05, 0) is 19.1 Å². The summed E-state index contributed by atoms with van der Waals surface area (Å²) in [5.74, 6) is 0.402. The van der Waals surface area contributed by atoms with Gasteiger partial charge in [0.1, 0.15) is 0 Å². The first-order valence-corrected chi connectivity index (χ1v) is 9.57. The standard InChI is InChI=1S/C15H20N2O2S2/c1-10(2)15-17-13(9-20-15)11(3)16-12-7-5-6-8-14(12)21(4,18)19/h5-11,16H,1-4H3. The van der Waals surface area contributed by atoms with E-state index in [0.29, 0.717) is 16.5 Å². The Kier molecular flexibility index (Phi) is 4.68. The zero-order chi connectivity index (χ0) is 15.6. The average Bonchev–Trinajstić information content (AvgIpc) is 2.88. The SMILES string of the molecule is CC(C)c1nc(C(C)Nc2ccccc2S(C)(=O)=O)cs1. The Labute approximate surface area is 130 Å². The van der Waals surface area contributed by atoms with Gasteiger partial charge in [-0.25, -0.2) is 13.4 Å². The quantitative estimate of drug-likeness (QED) is 0.907. The minimum absolute atomic E-state index is 0.0448. The van der Waals surface area contributed by atoms with Crippen LogP contribution in [0.4, 0.5) is 5.69 Å². The van der Waals surface area contributed by atoms with E-state index in [2.05, 4.69) is 24.1 Å². The molecule has 0 saturated heterocycles. The van der Waals surface area contributed by atoms with Crippen LogP contribution < -0.4 is 5.32 Å². The van der Waals surface area contributed by atoms with Gasteiger partial charge in [-0.15, -0.1) is 11.3 Å². The topological polar surface area (TPSA) is 59.1 Å². The minimum atomic E-state index is -3.25. The van der Waals surface area contributed by atoms with Crippen LogP contribution in [0.25, 0.3) is 0 Å². The van der Waals surface area contributed by atoms with Crippen LogP contribution in [-0.2, 0) is 9.84 Å². The Balaban J connectivity index is 2.25. The van der Waals surface area contributed by atoms with E-state index in [1.165, 1.54) is 6.26 Å². The number of hydrogen-bond donors (Lipinski definition) is 1. The largest absolute Gasteiger partial charge is 0.376 e. The molecule has 2 rings (SSSR count). The molecule has 4 nitrogen and oxygen atoms in total. The number of rotatable bonds is 5. The fourth-order valence-electron chi connectivity index (χ4n) is 1.98. The van der Waals surface area contributed by atoms with Crippen molar-refractivity contribution in [1.82, 2.24) is 4.98 Å². The molecule has 1 unspecified atom stereocenters. The fraction of sp³-hybridized carbons (Fsp3) is 0.400. The molecule has 0 aliphatic heterocycles. The molecule has 0 aliphatic carbocycles. The zero-order valence-electron chi connectivity index (χ0n) is 12.6. The van der Waals surface area contributed by atoms with Crippen molar-refractivity contribution in [3.63, 3.8) is 0 Å². The van der Waals surface area contributed by atoms with E-state index in [1.54, 1.807) is 29.5 Å². The van der Waals surface area contributed by atoms with Gasteiger partial charge >= 0.3 is 0 Å². The van der Waals surface area contributed by atoms with Crippen LogP contribution in [-0.4, -0.2) is 19.7 Å². The average molecular weight is 324 g/mol. The van der Waals surface area contributed by atoms with Gasteiger partial charge in [-0.2, -0.15) is 0 Å². The smallest absolute Gasteiger partial charge is 0.177 e. The van der Waals surface area contributed by atoms with Crippen molar-refractivity contribution in [2.75, 3.05) is 11.6 Å². The molecule has 0 spiro atoms. The first-order chi connectivity index (χ1) is 9.79. The van der Waals surface area contributed by atoms with Gasteiger partial charge in [0.2, 0.25) is 0 Å². The van der Waals surface area contributed by atoms with Crippen molar-refractivity contribution in [2.24, 2.45) is 0 Å². The summed E-state index contributed by atoms with van der Waals surface area (Å²) in [5.41, 5.74) is 1.55. The third kappa shape index (κ3) is 3.83. The molecular formula is C15H20N2O2S2. The number of hydrogen-bond acceptors (Lipinski definition) is 5. The lowest BCUT2D eigenvalue weighted by atomic mass is 10.2. The van der Waals surface area contributed by atoms with Gasteiger partial charge in [0.25, 0.3) is 0 Å². The maximum atomic E-state index is 11.8. The van der Waals surface area contributed by atoms with Crippen LogP contribution in [0.5, 0.6) is 0 Å². The van der Waals surface area contributed by atoms with Gasteiger partial charge in [-0.3, -0.25) is 0 Å². The molecular weight excluding hydrogens is 304 g/mol. The lowest BCUT2D eigenvalue weighted by molar-refractivity contribution is 0.602. The van der Waals surface area contributed by atoms with E-state index in [4.69, 9.17) is 0 Å². The lowest BCUT2D eigenvalue weighted by Crippen LogP contribution is -2.10. The molecule has 0 saturated carbocycles. The van der Waals surface area contributed by atoms with E-state index in [-0.39, 0.29) is 6.04 Å². The monoisotopic (exact) mass is 324 g/mol. The van der Waals surface area contributed by atoms with Gasteiger partial charge < -0.3 is 5.32 Å². The fourth-order valence-corrected chi connectivity index (χ4v) is 3.76. The number of aromatic nitrogens is 1. The van der Waals surface area contributed by atoms with Crippen LogP contribution in [0.1, 0.15) is 43.4 Å². The van der Waals surface area contributed by atoms with Crippen LogP contribution in [0, 0.1) is 0 Å². The summed E-state index contributed by atoms with van der Waals surface area (Å²) < 4.78 is 23.6. The molecule has 1 N–H and O–H groups in total. The van der Waals surface area contributed by atoms with E-state index in [0.717, 1.165) is 10.7 Å². The number of thiazole rings is 1. The Hall–Kier alpha value is -1.40. The van der Waals surface area contributed by atoms with Crippen LogP contribution in [0.3, 0.4) is 0 Å². The van der Waals surface area contributed by atoms with Crippen molar-refractivity contribution < 1.29 is 8.42 Å². The highest BCUT2D eigenvalue weighted by Crippen LogP contribution is 2.28. The summed E-state index contributed by atoms with van der Waals surface area (Å²) in [6.07, 6.45) is 1.22. The van der Waals surface area contributed by atoms with Crippen molar-refractivity contribution in [3.05, 3.63) is 40.3 Å². The van der Waals surface area contributed by atoms with E-state index in [9.17, 15) is 8.42 Å². The summed E-state index contributed by atoms with van der Waals surface area (Å²) in [4.78, 5) is 4.92. The first kappa shape index (κ1) is 16.0. The molecule has 0 fully saturated rings. The molecule has 2 aromatic rings. The Morgan fingerprint density at radius 1 is 1.19 bits per heavy atom. The molecule has 1 aromatic heterocycles. The second-order valence-electron chi connectivity index (χ2n) is 5.40. The molecule has 0 aliphatic rings. The first-order valence-electron chi connectivity index (χ1n) is 6.80. The lowest BCUT2D eigenvalue weighted by Gasteiger charge is -2.16. The Morgan fingerprint density at radius 3 is 2.43 bits per heavy atom. The highest BCUT2D eigenvalue weighted by Gasteiger charge is 2.16. The van der Waals surface area contributed by atoms with Gasteiger partial charge in [-0.1, -0.05) is 26.0 Å². The third-order valence-electron chi connectivity index (χ3n) is 3.14. The molecule has 1 aromatic carbocycles. The van der Waals surface area contributed by atoms with Crippen LogP contribution in [0.2, 0.25) is 0 Å². The molecule has 6 heteroatoms. The minimum Gasteiger partial charge on any atom is -0.376 e. The maximum absolute atomic E-state index is 11.8. The number of sulfone groups is 1. The van der Waals surface area contributed by atoms with Crippen LogP contribution >= 0.6 is 11.3 Å². The molecule has 0 amide bonds. The van der Waals surface area contributed by atoms with Crippen molar-refractivity contribution in [1.29, 1.82) is 0 Å². The second-order valence-corrected chi connectivity index (χ2v) is 8.27. The summed E-state index contributed by atoms with van der Waals surface area (Å²) in [5, 5.41) is 6.37. The van der Waals surface area contributed by atoms with E-state index in [1.807, 2.05) is 18.4 Å². The molecule has 0 bridgehead atoms. The number of nitrogens with zero attached hydrogens (tertiary/aromatic N) is 1. The Morgan fingerprint density at radius 2 is 1.86 bits per heavy atom. The zero-order valence-corrected chi connectivity index (χ0v) is 14.3. The molecule has 1 atom stereocenters. The summed E-state index contributed by atoms with van der Waals surface area (Å²) in [6.45, 7) is 6.21.